The van der Waals surface area contributed by atoms with Gasteiger partial charge in [0.2, 0.25) is 5.91 Å². The molecule has 1 N–H and O–H groups in total. The number of para-hydroxylation sites is 1. The SMILES string of the molecule is COc1ccc(C2Sc3ccccc3N(CCN(C)C)C(=O)C2CC(=O)O)cc1. The van der Waals surface area contributed by atoms with Gasteiger partial charge in [-0.2, -0.15) is 0 Å². The van der Waals surface area contributed by atoms with Crippen LogP contribution in [0, 0.1) is 5.92 Å². The van der Waals surface area contributed by atoms with Gasteiger partial charge < -0.3 is 19.6 Å². The van der Waals surface area contributed by atoms with Crippen LogP contribution in [0.2, 0.25) is 0 Å². The van der Waals surface area contributed by atoms with Crippen LogP contribution in [0.4, 0.5) is 5.69 Å². The van der Waals surface area contributed by atoms with Crippen LogP contribution < -0.4 is 9.64 Å². The van der Waals surface area contributed by atoms with Crippen LogP contribution in [0.25, 0.3) is 0 Å². The molecule has 0 saturated carbocycles. The van der Waals surface area contributed by atoms with Crippen LogP contribution in [0.5, 0.6) is 5.75 Å². The Hall–Kier alpha value is -2.51. The zero-order valence-electron chi connectivity index (χ0n) is 16.9. The van der Waals surface area contributed by atoms with E-state index in [1.165, 1.54) is 0 Å². The molecule has 0 saturated heterocycles. The average Bonchev–Trinajstić information content (AvgIpc) is 2.81. The molecular weight excluding hydrogens is 388 g/mol. The number of rotatable bonds is 7. The molecule has 1 aliphatic heterocycles. The molecule has 2 aromatic rings. The van der Waals surface area contributed by atoms with E-state index in [4.69, 9.17) is 4.74 Å². The lowest BCUT2D eigenvalue weighted by molar-refractivity contribution is -0.140. The van der Waals surface area contributed by atoms with Gasteiger partial charge in [0.25, 0.3) is 0 Å². The third-order valence-corrected chi connectivity index (χ3v) is 6.42. The van der Waals surface area contributed by atoms with Gasteiger partial charge in [0.1, 0.15) is 5.75 Å². The topological polar surface area (TPSA) is 70.1 Å². The minimum atomic E-state index is -0.971. The van der Waals surface area contributed by atoms with Crippen LogP contribution in [-0.4, -0.2) is 56.2 Å². The molecule has 2 unspecified atom stereocenters. The summed E-state index contributed by atoms with van der Waals surface area (Å²) in [6.07, 6.45) is -0.213. The smallest absolute Gasteiger partial charge is 0.304 e. The van der Waals surface area contributed by atoms with Crippen molar-refractivity contribution in [3.63, 3.8) is 0 Å². The standard InChI is InChI=1S/C22H26N2O4S/c1-23(2)12-13-24-18-6-4-5-7-19(18)29-21(17(22(24)27)14-20(25)26)15-8-10-16(28-3)11-9-15/h4-11,17,21H,12-14H2,1-3H3,(H,25,26). The number of carbonyl (C=O) groups excluding carboxylic acids is 1. The lowest BCUT2D eigenvalue weighted by atomic mass is 9.93. The number of hydrogen-bond donors (Lipinski definition) is 1. The highest BCUT2D eigenvalue weighted by molar-refractivity contribution is 7.99. The van der Waals surface area contributed by atoms with Crippen LogP contribution in [0.1, 0.15) is 17.2 Å². The molecule has 6 nitrogen and oxygen atoms in total. The first-order chi connectivity index (χ1) is 13.9. The van der Waals surface area contributed by atoms with Crippen molar-refractivity contribution in [2.24, 2.45) is 5.92 Å². The van der Waals surface area contributed by atoms with Crippen molar-refractivity contribution in [1.29, 1.82) is 0 Å². The molecule has 0 bridgehead atoms. The summed E-state index contributed by atoms with van der Waals surface area (Å²) in [7, 11) is 5.51. The van der Waals surface area contributed by atoms with Crippen molar-refractivity contribution in [3.8, 4) is 5.75 Å². The van der Waals surface area contributed by atoms with E-state index in [1.807, 2.05) is 67.5 Å². The fraction of sp³-hybridized carbons (Fsp3) is 0.364. The quantitative estimate of drug-likeness (QED) is 0.748. The maximum Gasteiger partial charge on any atom is 0.304 e. The Morgan fingerprint density at radius 1 is 1.17 bits per heavy atom. The highest BCUT2D eigenvalue weighted by atomic mass is 32.2. The normalized spacial score (nSPS) is 19.0. The van der Waals surface area contributed by atoms with Gasteiger partial charge in [-0.1, -0.05) is 24.3 Å². The Labute approximate surface area is 175 Å². The molecule has 0 spiro atoms. The zero-order valence-corrected chi connectivity index (χ0v) is 17.7. The van der Waals surface area contributed by atoms with E-state index >= 15 is 0 Å². The Kier molecular flexibility index (Phi) is 6.82. The molecular formula is C22H26N2O4S. The van der Waals surface area contributed by atoms with Crippen LogP contribution in [-0.2, 0) is 9.59 Å². The number of carbonyl (C=O) groups is 2. The predicted octanol–water partition coefficient (Wildman–Crippen LogP) is 3.53. The molecule has 0 aliphatic carbocycles. The van der Waals surface area contributed by atoms with E-state index in [0.29, 0.717) is 13.1 Å². The number of hydrogen-bond acceptors (Lipinski definition) is 5. The largest absolute Gasteiger partial charge is 0.497 e. The second-order valence-corrected chi connectivity index (χ2v) is 8.46. The monoisotopic (exact) mass is 414 g/mol. The van der Waals surface area contributed by atoms with Gasteiger partial charge in [0, 0.05) is 23.2 Å². The van der Waals surface area contributed by atoms with E-state index in [-0.39, 0.29) is 17.6 Å². The average molecular weight is 415 g/mol. The Balaban J connectivity index is 2.06. The van der Waals surface area contributed by atoms with E-state index in [9.17, 15) is 14.7 Å². The minimum absolute atomic E-state index is 0.146. The molecule has 154 valence electrons. The predicted molar refractivity (Wildman–Crippen MR) is 115 cm³/mol. The summed E-state index contributed by atoms with van der Waals surface area (Å²) in [6.45, 7) is 1.20. The number of amides is 1. The number of thioether (sulfide) groups is 1. The number of fused-ring (bicyclic) bond motifs is 1. The van der Waals surface area contributed by atoms with Crippen molar-refractivity contribution in [2.75, 3.05) is 39.2 Å². The lowest BCUT2D eigenvalue weighted by Crippen LogP contribution is -2.41. The third-order valence-electron chi connectivity index (χ3n) is 4.97. The highest BCUT2D eigenvalue weighted by Crippen LogP contribution is 2.49. The molecule has 1 aliphatic rings. The summed E-state index contributed by atoms with van der Waals surface area (Å²) >= 11 is 1.56. The van der Waals surface area contributed by atoms with Gasteiger partial charge in [-0.3, -0.25) is 9.59 Å². The molecule has 29 heavy (non-hydrogen) atoms. The summed E-state index contributed by atoms with van der Waals surface area (Å²) in [5.41, 5.74) is 1.76. The number of benzene rings is 2. The summed E-state index contributed by atoms with van der Waals surface area (Å²) < 4.78 is 5.24. The Bertz CT molecular complexity index is 869. The van der Waals surface area contributed by atoms with Gasteiger partial charge in [0.05, 0.1) is 25.1 Å². The molecule has 0 fully saturated rings. The van der Waals surface area contributed by atoms with Gasteiger partial charge in [0.15, 0.2) is 0 Å². The fourth-order valence-corrected chi connectivity index (χ4v) is 4.85. The molecule has 0 aromatic heterocycles. The lowest BCUT2D eigenvalue weighted by Gasteiger charge is -2.28. The number of carboxylic acid groups (broad SMARTS) is 1. The van der Waals surface area contributed by atoms with E-state index in [2.05, 4.69) is 0 Å². The third kappa shape index (κ3) is 4.92. The second kappa shape index (κ2) is 9.33. The van der Waals surface area contributed by atoms with Gasteiger partial charge >= 0.3 is 5.97 Å². The first-order valence-electron chi connectivity index (χ1n) is 9.48. The first kappa shape index (κ1) is 21.2. The number of methoxy groups -OCH3 is 1. The van der Waals surface area contributed by atoms with Gasteiger partial charge in [-0.25, -0.2) is 0 Å². The molecule has 7 heteroatoms. The summed E-state index contributed by atoms with van der Waals surface area (Å²) in [5.74, 6) is -1.06. The van der Waals surface area contributed by atoms with Crippen molar-refractivity contribution < 1.29 is 19.4 Å². The molecule has 1 heterocycles. The number of anilines is 1. The number of ether oxygens (including phenoxy) is 1. The van der Waals surface area contributed by atoms with E-state index in [1.54, 1.807) is 23.8 Å². The van der Waals surface area contributed by atoms with Crippen LogP contribution in [0.3, 0.4) is 0 Å². The van der Waals surface area contributed by atoms with Gasteiger partial charge in [-0.15, -0.1) is 11.8 Å². The maximum absolute atomic E-state index is 13.6. The first-order valence-corrected chi connectivity index (χ1v) is 10.4. The molecule has 2 atom stereocenters. The van der Waals surface area contributed by atoms with Crippen molar-refractivity contribution in [2.45, 2.75) is 16.6 Å². The van der Waals surface area contributed by atoms with Crippen molar-refractivity contribution >= 4 is 29.3 Å². The maximum atomic E-state index is 13.6. The molecule has 0 radical (unpaired) electrons. The fourth-order valence-electron chi connectivity index (χ4n) is 3.45. The number of carboxylic acids is 1. The van der Waals surface area contributed by atoms with Crippen LogP contribution in [0.15, 0.2) is 53.4 Å². The zero-order chi connectivity index (χ0) is 21.0. The Morgan fingerprint density at radius 2 is 1.86 bits per heavy atom. The summed E-state index contributed by atoms with van der Waals surface area (Å²) in [5, 5.41) is 9.24. The number of nitrogens with zero attached hydrogens (tertiary/aromatic N) is 2. The summed E-state index contributed by atoms with van der Waals surface area (Å²) in [6, 6.07) is 15.3. The summed E-state index contributed by atoms with van der Waals surface area (Å²) in [4.78, 5) is 30.0. The van der Waals surface area contributed by atoms with Gasteiger partial charge in [-0.05, 0) is 43.9 Å². The van der Waals surface area contributed by atoms with E-state index in [0.717, 1.165) is 21.9 Å². The second-order valence-electron chi connectivity index (χ2n) is 7.28. The minimum Gasteiger partial charge on any atom is -0.497 e. The molecule has 1 amide bonds. The molecule has 3 rings (SSSR count). The Morgan fingerprint density at radius 3 is 2.48 bits per heavy atom. The number of likely N-dealkylation sites (N-methyl/N-ethyl adjacent to an activating group) is 1. The van der Waals surface area contributed by atoms with Crippen molar-refractivity contribution in [1.82, 2.24) is 4.90 Å². The number of aliphatic carboxylic acids is 1. The van der Waals surface area contributed by atoms with E-state index < -0.39 is 11.9 Å². The van der Waals surface area contributed by atoms with Crippen molar-refractivity contribution in [3.05, 3.63) is 54.1 Å². The molecule has 2 aromatic carbocycles. The van der Waals surface area contributed by atoms with Crippen LogP contribution >= 0.6 is 11.8 Å². The highest BCUT2D eigenvalue weighted by Gasteiger charge is 2.39.